The van der Waals surface area contributed by atoms with Crippen LogP contribution in [0.15, 0.2) is 24.5 Å². The van der Waals surface area contributed by atoms with E-state index in [1.54, 1.807) is 23.7 Å². The second-order valence-corrected chi connectivity index (χ2v) is 4.63. The van der Waals surface area contributed by atoms with Gasteiger partial charge in [0.15, 0.2) is 0 Å². The van der Waals surface area contributed by atoms with Gasteiger partial charge in [-0.05, 0) is 30.5 Å². The van der Waals surface area contributed by atoms with Crippen LogP contribution in [-0.4, -0.2) is 19.9 Å². The predicted molar refractivity (Wildman–Crippen MR) is 70.1 cm³/mol. The second kappa shape index (κ2) is 5.93. The zero-order valence-corrected chi connectivity index (χ0v) is 11.2. The van der Waals surface area contributed by atoms with E-state index in [9.17, 15) is 9.50 Å². The molecule has 0 saturated heterocycles. The number of aliphatic hydroxyl groups excluding tert-OH is 1. The molecule has 1 aromatic carbocycles. The van der Waals surface area contributed by atoms with Crippen molar-refractivity contribution >= 4 is 0 Å². The zero-order chi connectivity index (χ0) is 13.8. The fraction of sp³-hybridized carbons (Fsp3) is 0.429. The highest BCUT2D eigenvalue weighted by molar-refractivity contribution is 5.26. The molecule has 4 nitrogen and oxygen atoms in total. The van der Waals surface area contributed by atoms with Gasteiger partial charge in [0.05, 0.1) is 6.10 Å². The molecular formula is C14H18FN3O. The van der Waals surface area contributed by atoms with Gasteiger partial charge in [0.25, 0.3) is 0 Å². The molecule has 0 fully saturated rings. The first-order valence-electron chi connectivity index (χ1n) is 6.42. The number of rotatable bonds is 5. The van der Waals surface area contributed by atoms with Crippen LogP contribution in [-0.2, 0) is 13.0 Å². The molecule has 0 amide bonds. The number of aliphatic hydroxyl groups is 1. The monoisotopic (exact) mass is 263 g/mol. The molecule has 102 valence electrons. The van der Waals surface area contributed by atoms with Crippen molar-refractivity contribution in [3.8, 4) is 0 Å². The summed E-state index contributed by atoms with van der Waals surface area (Å²) in [6.07, 6.45) is 2.14. The number of benzene rings is 1. The number of aryl methyl sites for hydroxylation is 2. The molecule has 5 heteroatoms. The third-order valence-electron chi connectivity index (χ3n) is 3.07. The average molecular weight is 263 g/mol. The van der Waals surface area contributed by atoms with Crippen molar-refractivity contribution in [3.05, 3.63) is 47.3 Å². The Balaban J connectivity index is 2.13. The topological polar surface area (TPSA) is 50.9 Å². The summed E-state index contributed by atoms with van der Waals surface area (Å²) in [6.45, 7) is 4.53. The Morgan fingerprint density at radius 1 is 1.42 bits per heavy atom. The van der Waals surface area contributed by atoms with Gasteiger partial charge in [-0.1, -0.05) is 19.1 Å². The van der Waals surface area contributed by atoms with Crippen LogP contribution in [0.5, 0.6) is 0 Å². The number of aromatic nitrogens is 3. The van der Waals surface area contributed by atoms with E-state index in [-0.39, 0.29) is 5.82 Å². The lowest BCUT2D eigenvalue weighted by molar-refractivity contribution is 0.173. The van der Waals surface area contributed by atoms with Crippen LogP contribution in [0.3, 0.4) is 0 Å². The Morgan fingerprint density at radius 3 is 2.89 bits per heavy atom. The van der Waals surface area contributed by atoms with Crippen molar-refractivity contribution in [3.63, 3.8) is 0 Å². The smallest absolute Gasteiger partial charge is 0.138 e. The molecule has 2 aromatic rings. The van der Waals surface area contributed by atoms with Gasteiger partial charge in [0, 0.05) is 13.0 Å². The summed E-state index contributed by atoms with van der Waals surface area (Å²) in [5.74, 6) is 0.487. The molecule has 1 aromatic heterocycles. The normalized spacial score (nSPS) is 12.6. The summed E-state index contributed by atoms with van der Waals surface area (Å²) in [5, 5.41) is 14.3. The summed E-state index contributed by atoms with van der Waals surface area (Å²) in [4.78, 5) is 4.16. The summed E-state index contributed by atoms with van der Waals surface area (Å²) in [7, 11) is 0. The maximum Gasteiger partial charge on any atom is 0.138 e. The third kappa shape index (κ3) is 3.17. The van der Waals surface area contributed by atoms with E-state index in [1.807, 2.05) is 0 Å². The Labute approximate surface area is 111 Å². The molecule has 0 bridgehead atoms. The van der Waals surface area contributed by atoms with Crippen LogP contribution >= 0.6 is 0 Å². The van der Waals surface area contributed by atoms with Crippen LogP contribution in [0.1, 0.15) is 36.4 Å². The summed E-state index contributed by atoms with van der Waals surface area (Å²) < 4.78 is 15.0. The molecule has 0 spiro atoms. The number of halogens is 1. The lowest BCUT2D eigenvalue weighted by atomic mass is 10.0. The van der Waals surface area contributed by atoms with Gasteiger partial charge in [0.1, 0.15) is 18.0 Å². The Morgan fingerprint density at radius 2 is 2.21 bits per heavy atom. The van der Waals surface area contributed by atoms with Gasteiger partial charge >= 0.3 is 0 Å². The molecule has 0 saturated carbocycles. The van der Waals surface area contributed by atoms with Crippen LogP contribution < -0.4 is 0 Å². The molecule has 0 radical (unpaired) electrons. The number of hydrogen-bond acceptors (Lipinski definition) is 3. The van der Waals surface area contributed by atoms with Crippen molar-refractivity contribution in [2.75, 3.05) is 0 Å². The molecule has 1 unspecified atom stereocenters. The maximum absolute atomic E-state index is 13.2. The van der Waals surface area contributed by atoms with Crippen molar-refractivity contribution in [1.29, 1.82) is 0 Å². The van der Waals surface area contributed by atoms with Crippen LogP contribution in [0.2, 0.25) is 0 Å². The first-order valence-corrected chi connectivity index (χ1v) is 6.42. The molecule has 0 aliphatic heterocycles. The first kappa shape index (κ1) is 13.7. The largest absolute Gasteiger partial charge is 0.388 e. The van der Waals surface area contributed by atoms with Crippen LogP contribution in [0.25, 0.3) is 0 Å². The van der Waals surface area contributed by atoms with Crippen molar-refractivity contribution in [2.24, 2.45) is 0 Å². The van der Waals surface area contributed by atoms with Gasteiger partial charge in [-0.25, -0.2) is 9.37 Å². The Hall–Kier alpha value is -1.75. The SMILES string of the molecule is CCCn1ncnc1CC(O)c1ccc(F)c(C)c1. The van der Waals surface area contributed by atoms with Gasteiger partial charge in [-0.2, -0.15) is 5.10 Å². The quantitative estimate of drug-likeness (QED) is 0.901. The summed E-state index contributed by atoms with van der Waals surface area (Å²) in [6, 6.07) is 4.65. The molecule has 1 heterocycles. The highest BCUT2D eigenvalue weighted by Crippen LogP contribution is 2.19. The second-order valence-electron chi connectivity index (χ2n) is 4.63. The third-order valence-corrected chi connectivity index (χ3v) is 3.07. The summed E-state index contributed by atoms with van der Waals surface area (Å²) >= 11 is 0. The van der Waals surface area contributed by atoms with Crippen molar-refractivity contribution in [1.82, 2.24) is 14.8 Å². The van der Waals surface area contributed by atoms with Gasteiger partial charge < -0.3 is 5.11 Å². The molecular weight excluding hydrogens is 245 g/mol. The average Bonchev–Trinajstić information content (AvgIpc) is 2.80. The minimum Gasteiger partial charge on any atom is -0.388 e. The fourth-order valence-electron chi connectivity index (χ4n) is 2.01. The first-order chi connectivity index (χ1) is 9.11. The van der Waals surface area contributed by atoms with Crippen LogP contribution in [0, 0.1) is 12.7 Å². The van der Waals surface area contributed by atoms with E-state index in [1.165, 1.54) is 12.4 Å². The van der Waals surface area contributed by atoms with E-state index >= 15 is 0 Å². The lowest BCUT2D eigenvalue weighted by Gasteiger charge is -2.12. The Kier molecular flexibility index (Phi) is 4.27. The van der Waals surface area contributed by atoms with Gasteiger partial charge in [-0.3, -0.25) is 4.68 Å². The van der Waals surface area contributed by atoms with E-state index in [4.69, 9.17) is 0 Å². The molecule has 2 rings (SSSR count). The van der Waals surface area contributed by atoms with Gasteiger partial charge in [0.2, 0.25) is 0 Å². The lowest BCUT2D eigenvalue weighted by Crippen LogP contribution is -2.10. The van der Waals surface area contributed by atoms with E-state index in [0.29, 0.717) is 17.5 Å². The predicted octanol–water partition coefficient (Wildman–Crippen LogP) is 2.41. The fourth-order valence-corrected chi connectivity index (χ4v) is 2.01. The Bertz CT molecular complexity index is 553. The number of nitrogens with zero attached hydrogens (tertiary/aromatic N) is 3. The highest BCUT2D eigenvalue weighted by Gasteiger charge is 2.14. The molecule has 1 atom stereocenters. The zero-order valence-electron chi connectivity index (χ0n) is 11.2. The van der Waals surface area contributed by atoms with E-state index < -0.39 is 6.10 Å². The number of hydrogen-bond donors (Lipinski definition) is 1. The molecule has 1 N–H and O–H groups in total. The summed E-state index contributed by atoms with van der Waals surface area (Å²) in [5.41, 5.74) is 1.23. The molecule has 0 aliphatic rings. The molecule has 0 aliphatic carbocycles. The van der Waals surface area contributed by atoms with Gasteiger partial charge in [-0.15, -0.1) is 0 Å². The minimum atomic E-state index is -0.695. The molecule has 19 heavy (non-hydrogen) atoms. The van der Waals surface area contributed by atoms with E-state index in [0.717, 1.165) is 18.8 Å². The van der Waals surface area contributed by atoms with Crippen molar-refractivity contribution in [2.45, 2.75) is 39.3 Å². The van der Waals surface area contributed by atoms with E-state index in [2.05, 4.69) is 17.0 Å². The minimum absolute atomic E-state index is 0.259. The maximum atomic E-state index is 13.2. The van der Waals surface area contributed by atoms with Crippen LogP contribution in [0.4, 0.5) is 4.39 Å². The standard InChI is InChI=1S/C14H18FN3O/c1-3-6-18-14(16-9-17-18)8-13(19)11-4-5-12(15)10(2)7-11/h4-5,7,9,13,19H,3,6,8H2,1-2H3. The van der Waals surface area contributed by atoms with Crippen molar-refractivity contribution < 1.29 is 9.50 Å². The highest BCUT2D eigenvalue weighted by atomic mass is 19.1.